The van der Waals surface area contributed by atoms with E-state index in [1.165, 1.54) is 4.09 Å². The van der Waals surface area contributed by atoms with Crippen LogP contribution < -0.4 is 13.8 Å². The van der Waals surface area contributed by atoms with Gasteiger partial charge in [0, 0.05) is 34.0 Å². The highest BCUT2D eigenvalue weighted by atomic mass is 79.9. The van der Waals surface area contributed by atoms with Crippen molar-refractivity contribution in [3.63, 3.8) is 0 Å². The maximum atomic E-state index is 12.0. The number of hydrogen-bond acceptors (Lipinski definition) is 5. The van der Waals surface area contributed by atoms with Crippen LogP contribution in [-0.4, -0.2) is 21.2 Å². The molecule has 0 aliphatic heterocycles. The third kappa shape index (κ3) is 4.17. The number of carbonyl (C=O) groups is 1. The number of thiol groups is 1. The molecule has 1 heterocycles. The van der Waals surface area contributed by atoms with Crippen LogP contribution in [0.4, 0.5) is 0 Å². The van der Waals surface area contributed by atoms with Crippen LogP contribution in [0.15, 0.2) is 30.5 Å². The number of amides is 1. The van der Waals surface area contributed by atoms with Crippen molar-refractivity contribution in [2.45, 2.75) is 26.6 Å². The maximum Gasteiger partial charge on any atom is 0.261 e. The van der Waals surface area contributed by atoms with Gasteiger partial charge in [-0.15, -0.1) is 5.10 Å². The molecule has 2 aromatic rings. The summed E-state index contributed by atoms with van der Waals surface area (Å²) in [6.45, 7) is 4.00. The molecule has 0 saturated heterocycles. The Balaban J connectivity index is 2.29. The number of rotatable bonds is 6. The van der Waals surface area contributed by atoms with Crippen LogP contribution >= 0.6 is 29.0 Å². The van der Waals surface area contributed by atoms with Gasteiger partial charge in [0.25, 0.3) is 5.91 Å². The third-order valence-corrected chi connectivity index (χ3v) is 3.32. The number of nitrogens with one attached hydrogen (secondary N) is 1. The molecule has 1 aromatic carbocycles. The second-order valence-electron chi connectivity index (χ2n) is 4.74. The van der Waals surface area contributed by atoms with Crippen molar-refractivity contribution in [1.82, 2.24) is 13.5 Å². The quantitative estimate of drug-likeness (QED) is 0.592. The number of ether oxygens (including phenoxy) is 2. The summed E-state index contributed by atoms with van der Waals surface area (Å²) in [7, 11) is 0. The number of hydrogen-bond donors (Lipinski definition) is 2. The third-order valence-electron chi connectivity index (χ3n) is 2.74. The molecule has 1 aromatic heterocycles. The van der Waals surface area contributed by atoms with Crippen molar-refractivity contribution < 1.29 is 14.3 Å². The SMILES string of the molecule is CC(C)Oc1cccc(C(=O)NBr)c1COc1ccn(S)n1. The van der Waals surface area contributed by atoms with E-state index < -0.39 is 0 Å². The Labute approximate surface area is 142 Å². The van der Waals surface area contributed by atoms with Crippen molar-refractivity contribution in [3.05, 3.63) is 41.6 Å². The van der Waals surface area contributed by atoms with Gasteiger partial charge in [-0.3, -0.25) is 9.14 Å². The monoisotopic (exact) mass is 385 g/mol. The van der Waals surface area contributed by atoms with Gasteiger partial charge in [-0.1, -0.05) is 6.07 Å². The molecular formula is C14H16BrN3O3S. The van der Waals surface area contributed by atoms with E-state index in [0.717, 1.165) is 0 Å². The summed E-state index contributed by atoms with van der Waals surface area (Å²) in [6, 6.07) is 6.96. The number of nitrogens with zero attached hydrogens (tertiary/aromatic N) is 2. The minimum Gasteiger partial charge on any atom is -0.491 e. The molecule has 0 spiro atoms. The lowest BCUT2D eigenvalue weighted by Crippen LogP contribution is -2.17. The van der Waals surface area contributed by atoms with Gasteiger partial charge >= 0.3 is 0 Å². The topological polar surface area (TPSA) is 65.4 Å². The van der Waals surface area contributed by atoms with E-state index in [-0.39, 0.29) is 18.6 Å². The average molecular weight is 386 g/mol. The Hall–Kier alpha value is -1.67. The number of aromatic nitrogens is 2. The molecule has 0 bridgehead atoms. The van der Waals surface area contributed by atoms with E-state index >= 15 is 0 Å². The Morgan fingerprint density at radius 3 is 2.82 bits per heavy atom. The van der Waals surface area contributed by atoms with Crippen molar-refractivity contribution in [2.75, 3.05) is 0 Å². The fourth-order valence-electron chi connectivity index (χ4n) is 1.86. The number of benzene rings is 1. The van der Waals surface area contributed by atoms with Crippen LogP contribution in [0.3, 0.4) is 0 Å². The molecule has 0 unspecified atom stereocenters. The summed E-state index contributed by atoms with van der Waals surface area (Å²) in [4.78, 5) is 12.0. The van der Waals surface area contributed by atoms with E-state index in [9.17, 15) is 4.79 Å². The van der Waals surface area contributed by atoms with Crippen molar-refractivity contribution in [3.8, 4) is 11.6 Å². The van der Waals surface area contributed by atoms with Gasteiger partial charge in [0.1, 0.15) is 12.4 Å². The lowest BCUT2D eigenvalue weighted by atomic mass is 10.1. The molecule has 0 aliphatic rings. The fourth-order valence-corrected chi connectivity index (χ4v) is 2.23. The summed E-state index contributed by atoms with van der Waals surface area (Å²) < 4.78 is 15.2. The van der Waals surface area contributed by atoms with E-state index in [4.69, 9.17) is 9.47 Å². The standard InChI is InChI=1S/C14H16BrN3O3S/c1-9(2)21-12-5-3-4-10(14(19)16-15)11(12)8-20-13-6-7-18(22)17-13/h3-7,9,22H,8H2,1-2H3,(H,16,19). The minimum absolute atomic E-state index is 0.0160. The minimum atomic E-state index is -0.271. The first kappa shape index (κ1) is 16.7. The first-order valence-electron chi connectivity index (χ1n) is 6.58. The van der Waals surface area contributed by atoms with Gasteiger partial charge < -0.3 is 9.47 Å². The van der Waals surface area contributed by atoms with Gasteiger partial charge in [-0.05, 0) is 38.8 Å². The Morgan fingerprint density at radius 2 is 2.23 bits per heavy atom. The molecule has 0 atom stereocenters. The Kier molecular flexibility index (Phi) is 5.73. The number of halogens is 1. The summed E-state index contributed by atoms with van der Waals surface area (Å²) in [6.07, 6.45) is 1.64. The molecular weight excluding hydrogens is 370 g/mol. The molecule has 0 aliphatic carbocycles. The van der Waals surface area contributed by atoms with Crippen molar-refractivity contribution in [1.29, 1.82) is 0 Å². The summed E-state index contributed by atoms with van der Waals surface area (Å²) in [5.41, 5.74) is 1.13. The zero-order valence-corrected chi connectivity index (χ0v) is 14.6. The second kappa shape index (κ2) is 7.55. The first-order valence-corrected chi connectivity index (χ1v) is 7.77. The van der Waals surface area contributed by atoms with E-state index in [1.807, 2.05) is 13.8 Å². The predicted molar refractivity (Wildman–Crippen MR) is 89.5 cm³/mol. The smallest absolute Gasteiger partial charge is 0.261 e. The van der Waals surface area contributed by atoms with Gasteiger partial charge in [-0.2, -0.15) is 0 Å². The van der Waals surface area contributed by atoms with Crippen LogP contribution in [0.2, 0.25) is 0 Å². The summed E-state index contributed by atoms with van der Waals surface area (Å²) in [5.74, 6) is 0.751. The maximum absolute atomic E-state index is 12.0. The van der Waals surface area contributed by atoms with E-state index in [2.05, 4.69) is 38.4 Å². The molecule has 0 radical (unpaired) electrons. The molecule has 22 heavy (non-hydrogen) atoms. The Morgan fingerprint density at radius 1 is 1.45 bits per heavy atom. The molecule has 0 saturated carbocycles. The molecule has 8 heteroatoms. The van der Waals surface area contributed by atoms with Gasteiger partial charge in [-0.25, -0.2) is 4.09 Å². The van der Waals surface area contributed by atoms with Crippen molar-refractivity contribution >= 4 is 34.9 Å². The second-order valence-corrected chi connectivity index (χ2v) is 5.54. The summed E-state index contributed by atoms with van der Waals surface area (Å²) in [5, 5.41) is 4.02. The molecule has 2 rings (SSSR count). The van der Waals surface area contributed by atoms with Gasteiger partial charge in [0.05, 0.1) is 11.7 Å². The fraction of sp³-hybridized carbons (Fsp3) is 0.286. The average Bonchev–Trinajstić information content (AvgIpc) is 2.90. The Bertz CT molecular complexity index is 661. The highest BCUT2D eigenvalue weighted by Gasteiger charge is 2.17. The lowest BCUT2D eigenvalue weighted by Gasteiger charge is -2.16. The predicted octanol–water partition coefficient (Wildman–Crippen LogP) is 2.98. The molecule has 1 N–H and O–H groups in total. The zero-order valence-electron chi connectivity index (χ0n) is 12.1. The van der Waals surface area contributed by atoms with Crippen LogP contribution in [0.25, 0.3) is 0 Å². The first-order chi connectivity index (χ1) is 10.5. The van der Waals surface area contributed by atoms with Crippen LogP contribution in [0, 0.1) is 0 Å². The lowest BCUT2D eigenvalue weighted by molar-refractivity contribution is 0.0982. The highest BCUT2D eigenvalue weighted by molar-refractivity contribution is 9.08. The van der Waals surface area contributed by atoms with E-state index in [1.54, 1.807) is 30.5 Å². The molecule has 6 nitrogen and oxygen atoms in total. The van der Waals surface area contributed by atoms with E-state index in [0.29, 0.717) is 22.8 Å². The highest BCUT2D eigenvalue weighted by Crippen LogP contribution is 2.25. The van der Waals surface area contributed by atoms with Crippen LogP contribution in [-0.2, 0) is 6.61 Å². The van der Waals surface area contributed by atoms with Gasteiger partial charge in [0.2, 0.25) is 5.88 Å². The molecule has 118 valence electrons. The summed E-state index contributed by atoms with van der Waals surface area (Å²) >= 11 is 7.00. The number of carbonyl (C=O) groups excluding carboxylic acids is 1. The van der Waals surface area contributed by atoms with Crippen LogP contribution in [0.5, 0.6) is 11.6 Å². The normalized spacial score (nSPS) is 10.6. The van der Waals surface area contributed by atoms with Crippen molar-refractivity contribution in [2.24, 2.45) is 0 Å². The largest absolute Gasteiger partial charge is 0.491 e. The van der Waals surface area contributed by atoms with Gasteiger partial charge in [0.15, 0.2) is 0 Å². The zero-order chi connectivity index (χ0) is 16.1. The van der Waals surface area contributed by atoms with Crippen LogP contribution in [0.1, 0.15) is 29.8 Å². The molecule has 0 fully saturated rings. The molecule has 1 amide bonds.